The normalized spacial score (nSPS) is 10.4. The van der Waals surface area contributed by atoms with E-state index >= 15 is 0 Å². The lowest BCUT2D eigenvalue weighted by atomic mass is 10.1. The molecular weight excluding hydrogens is 270 g/mol. The third-order valence-corrected chi connectivity index (χ3v) is 2.88. The van der Waals surface area contributed by atoms with Crippen molar-refractivity contribution >= 4 is 17.7 Å². The predicted molar refractivity (Wildman–Crippen MR) is 82.6 cm³/mol. The van der Waals surface area contributed by atoms with Crippen molar-refractivity contribution in [1.29, 1.82) is 0 Å². The molecular formula is C15H23N3O3. The number of aryl methyl sites for hydroxylation is 1. The van der Waals surface area contributed by atoms with Crippen molar-refractivity contribution < 1.29 is 14.7 Å². The van der Waals surface area contributed by atoms with Crippen molar-refractivity contribution in [2.24, 2.45) is 0 Å². The number of hydrogen-bond donors (Lipinski definition) is 3. The Morgan fingerprint density at radius 2 is 2.05 bits per heavy atom. The van der Waals surface area contributed by atoms with Crippen molar-refractivity contribution in [1.82, 2.24) is 10.2 Å². The molecule has 1 aromatic rings. The molecule has 0 aromatic heterocycles. The van der Waals surface area contributed by atoms with Crippen LogP contribution in [0.3, 0.4) is 0 Å². The Bertz CT molecular complexity index is 475. The quantitative estimate of drug-likeness (QED) is 0.638. The van der Waals surface area contributed by atoms with Gasteiger partial charge in [0.2, 0.25) is 0 Å². The predicted octanol–water partition coefficient (Wildman–Crippen LogP) is 1.78. The molecule has 0 saturated heterocycles. The molecule has 2 amide bonds. The minimum atomic E-state index is -0.827. The smallest absolute Gasteiger partial charge is 0.319 e. The topological polar surface area (TPSA) is 81.7 Å². The third kappa shape index (κ3) is 7.94. The first-order valence-corrected chi connectivity index (χ1v) is 6.97. The molecule has 0 aliphatic carbocycles. The summed E-state index contributed by atoms with van der Waals surface area (Å²) in [6, 6.07) is 6.98. The molecule has 0 heterocycles. The average Bonchev–Trinajstić information content (AvgIpc) is 2.41. The summed E-state index contributed by atoms with van der Waals surface area (Å²) in [5.41, 5.74) is 1.56. The van der Waals surface area contributed by atoms with Gasteiger partial charge in [0.25, 0.3) is 0 Å². The summed E-state index contributed by atoms with van der Waals surface area (Å²) < 4.78 is 0. The number of carbonyl (C=O) groups is 2. The molecule has 21 heavy (non-hydrogen) atoms. The zero-order chi connectivity index (χ0) is 15.7. The molecule has 0 saturated carbocycles. The van der Waals surface area contributed by atoms with Gasteiger partial charge < -0.3 is 20.6 Å². The lowest BCUT2D eigenvalue weighted by Crippen LogP contribution is -2.31. The Kier molecular flexibility index (Phi) is 7.25. The molecule has 0 spiro atoms. The summed E-state index contributed by atoms with van der Waals surface area (Å²) in [5, 5.41) is 14.2. The highest BCUT2D eigenvalue weighted by Crippen LogP contribution is 2.12. The van der Waals surface area contributed by atoms with Gasteiger partial charge in [-0.25, -0.2) is 4.79 Å². The SMILES string of the molecule is CN(C)CCCNC(=O)Nc1cccc(CCC(=O)O)c1. The van der Waals surface area contributed by atoms with Crippen LogP contribution in [0.25, 0.3) is 0 Å². The van der Waals surface area contributed by atoms with Crippen molar-refractivity contribution in [3.05, 3.63) is 29.8 Å². The number of hydrogen-bond acceptors (Lipinski definition) is 3. The van der Waals surface area contributed by atoms with Crippen LogP contribution < -0.4 is 10.6 Å². The maximum absolute atomic E-state index is 11.7. The molecule has 0 aliphatic heterocycles. The number of urea groups is 1. The molecule has 1 rings (SSSR count). The van der Waals surface area contributed by atoms with Crippen LogP contribution in [0, 0.1) is 0 Å². The number of benzene rings is 1. The molecule has 116 valence electrons. The molecule has 0 fully saturated rings. The minimum Gasteiger partial charge on any atom is -0.481 e. The number of rotatable bonds is 8. The number of anilines is 1. The Morgan fingerprint density at radius 1 is 1.29 bits per heavy atom. The number of aliphatic carboxylic acids is 1. The van der Waals surface area contributed by atoms with E-state index in [4.69, 9.17) is 5.11 Å². The van der Waals surface area contributed by atoms with Crippen LogP contribution in [0.4, 0.5) is 10.5 Å². The third-order valence-electron chi connectivity index (χ3n) is 2.88. The lowest BCUT2D eigenvalue weighted by molar-refractivity contribution is -0.136. The second-order valence-electron chi connectivity index (χ2n) is 5.13. The Hall–Kier alpha value is -2.08. The molecule has 0 unspecified atom stereocenters. The van der Waals surface area contributed by atoms with Crippen LogP contribution >= 0.6 is 0 Å². The van der Waals surface area contributed by atoms with E-state index in [9.17, 15) is 9.59 Å². The van der Waals surface area contributed by atoms with Crippen LogP contribution in [-0.4, -0.2) is 49.2 Å². The number of carboxylic acids is 1. The fourth-order valence-electron chi connectivity index (χ4n) is 1.83. The Morgan fingerprint density at radius 3 is 2.71 bits per heavy atom. The lowest BCUT2D eigenvalue weighted by Gasteiger charge is -2.11. The summed E-state index contributed by atoms with van der Waals surface area (Å²) >= 11 is 0. The number of nitrogens with one attached hydrogen (secondary N) is 2. The van der Waals surface area contributed by atoms with Gasteiger partial charge in [-0.05, 0) is 51.2 Å². The van der Waals surface area contributed by atoms with E-state index in [1.807, 2.05) is 20.2 Å². The fourth-order valence-corrected chi connectivity index (χ4v) is 1.83. The summed E-state index contributed by atoms with van der Waals surface area (Å²) in [6.07, 6.45) is 1.43. The highest BCUT2D eigenvalue weighted by atomic mass is 16.4. The van der Waals surface area contributed by atoms with Crippen LogP contribution in [0.1, 0.15) is 18.4 Å². The van der Waals surface area contributed by atoms with Crippen LogP contribution in [0.5, 0.6) is 0 Å². The second kappa shape index (κ2) is 8.97. The van der Waals surface area contributed by atoms with Crippen molar-refractivity contribution in [2.45, 2.75) is 19.3 Å². The first-order chi connectivity index (χ1) is 9.97. The van der Waals surface area contributed by atoms with Gasteiger partial charge in [0, 0.05) is 18.7 Å². The molecule has 0 bridgehead atoms. The van der Waals surface area contributed by atoms with Gasteiger partial charge in [-0.2, -0.15) is 0 Å². The van der Waals surface area contributed by atoms with Crippen molar-refractivity contribution in [3.8, 4) is 0 Å². The first kappa shape index (κ1) is 17.0. The molecule has 0 radical (unpaired) electrons. The molecule has 6 nitrogen and oxygen atoms in total. The number of carboxylic acid groups (broad SMARTS) is 1. The van der Waals surface area contributed by atoms with Crippen LogP contribution in [0.2, 0.25) is 0 Å². The summed E-state index contributed by atoms with van der Waals surface area (Å²) in [5.74, 6) is -0.827. The minimum absolute atomic E-state index is 0.0835. The van der Waals surface area contributed by atoms with Gasteiger partial charge in [-0.3, -0.25) is 4.79 Å². The van der Waals surface area contributed by atoms with E-state index in [2.05, 4.69) is 15.5 Å². The van der Waals surface area contributed by atoms with E-state index < -0.39 is 5.97 Å². The van der Waals surface area contributed by atoms with Gasteiger partial charge in [0.1, 0.15) is 0 Å². The van der Waals surface area contributed by atoms with E-state index in [1.165, 1.54) is 0 Å². The van der Waals surface area contributed by atoms with Crippen LogP contribution in [-0.2, 0) is 11.2 Å². The van der Waals surface area contributed by atoms with Gasteiger partial charge >= 0.3 is 12.0 Å². The summed E-state index contributed by atoms with van der Waals surface area (Å²) in [6.45, 7) is 1.54. The number of amides is 2. The van der Waals surface area contributed by atoms with E-state index in [0.29, 0.717) is 18.7 Å². The molecule has 0 aliphatic rings. The first-order valence-electron chi connectivity index (χ1n) is 6.97. The standard InChI is InChI=1S/C15H23N3O3/c1-18(2)10-4-9-16-15(21)17-13-6-3-5-12(11-13)7-8-14(19)20/h3,5-6,11H,4,7-10H2,1-2H3,(H,19,20)(H2,16,17,21). The van der Waals surface area contributed by atoms with Gasteiger partial charge in [-0.1, -0.05) is 12.1 Å². The molecule has 6 heteroatoms. The van der Waals surface area contributed by atoms with E-state index in [-0.39, 0.29) is 12.5 Å². The van der Waals surface area contributed by atoms with Gasteiger partial charge in [0.05, 0.1) is 0 Å². The molecule has 3 N–H and O–H groups in total. The Balaban J connectivity index is 2.38. The van der Waals surface area contributed by atoms with Crippen molar-refractivity contribution in [3.63, 3.8) is 0 Å². The van der Waals surface area contributed by atoms with Gasteiger partial charge in [0.15, 0.2) is 0 Å². The summed E-state index contributed by atoms with van der Waals surface area (Å²) in [7, 11) is 3.98. The van der Waals surface area contributed by atoms with E-state index in [1.54, 1.807) is 18.2 Å². The highest BCUT2D eigenvalue weighted by molar-refractivity contribution is 5.89. The number of nitrogens with zero attached hydrogens (tertiary/aromatic N) is 1. The molecule has 1 aromatic carbocycles. The Labute approximate surface area is 125 Å². The zero-order valence-electron chi connectivity index (χ0n) is 12.6. The summed E-state index contributed by atoms with van der Waals surface area (Å²) in [4.78, 5) is 24.3. The van der Waals surface area contributed by atoms with Crippen LogP contribution in [0.15, 0.2) is 24.3 Å². The fraction of sp³-hybridized carbons (Fsp3) is 0.467. The average molecular weight is 293 g/mol. The maximum atomic E-state index is 11.7. The maximum Gasteiger partial charge on any atom is 0.319 e. The zero-order valence-corrected chi connectivity index (χ0v) is 12.6. The number of carbonyl (C=O) groups excluding carboxylic acids is 1. The largest absolute Gasteiger partial charge is 0.481 e. The second-order valence-corrected chi connectivity index (χ2v) is 5.13. The van der Waals surface area contributed by atoms with E-state index in [0.717, 1.165) is 18.5 Å². The monoisotopic (exact) mass is 293 g/mol. The highest BCUT2D eigenvalue weighted by Gasteiger charge is 2.03. The van der Waals surface area contributed by atoms with Crippen molar-refractivity contribution in [2.75, 3.05) is 32.5 Å². The molecule has 0 atom stereocenters. The van der Waals surface area contributed by atoms with Gasteiger partial charge in [-0.15, -0.1) is 0 Å².